The number of carboxylic acid groups (broad SMARTS) is 3. The van der Waals surface area contributed by atoms with Crippen LogP contribution in [0.5, 0.6) is 0 Å². The zero-order valence-corrected chi connectivity index (χ0v) is 23.1. The molecular weight excluding hydrogens is 591 g/mol. The molecule has 0 aromatic heterocycles. The van der Waals surface area contributed by atoms with Crippen LogP contribution in [0.3, 0.4) is 0 Å². The molecule has 218 valence electrons. The van der Waals surface area contributed by atoms with Crippen molar-refractivity contribution in [2.45, 2.75) is 41.7 Å². The zero-order valence-electron chi connectivity index (χ0n) is 20.8. The van der Waals surface area contributed by atoms with E-state index < -0.39 is 58.7 Å². The lowest BCUT2D eigenvalue weighted by atomic mass is 10.0. The number of carbonyl (C=O) groups excluding carboxylic acids is 2. The van der Waals surface area contributed by atoms with Crippen LogP contribution in [0.2, 0.25) is 0 Å². The summed E-state index contributed by atoms with van der Waals surface area (Å²) in [7, 11) is 0. The number of carbonyl (C=O) groups is 5. The normalized spacial score (nSPS) is 19.9. The van der Waals surface area contributed by atoms with Gasteiger partial charge in [-0.15, -0.1) is 11.8 Å². The molecule has 0 heterocycles. The van der Waals surface area contributed by atoms with E-state index in [9.17, 15) is 34.2 Å². The third kappa shape index (κ3) is 9.71. The minimum absolute atomic E-state index is 0.0401. The molecule has 0 radical (unpaired) electrons. The van der Waals surface area contributed by atoms with Crippen molar-refractivity contribution in [2.24, 2.45) is 5.73 Å². The Labute approximate surface area is 242 Å². The maximum atomic E-state index is 12.6. The van der Waals surface area contributed by atoms with Crippen molar-refractivity contribution in [2.75, 3.05) is 17.6 Å². The monoisotopic (exact) mass is 618 g/mol. The Hall–Kier alpha value is -3.30. The number of aliphatic carboxylic acids is 3. The van der Waals surface area contributed by atoms with Crippen LogP contribution >= 0.6 is 35.0 Å². The third-order valence-corrected chi connectivity index (χ3v) is 7.76. The first kappa shape index (κ1) is 32.9. The van der Waals surface area contributed by atoms with Crippen LogP contribution in [0.15, 0.2) is 47.1 Å². The molecule has 2 rings (SSSR count). The summed E-state index contributed by atoms with van der Waals surface area (Å²) < 4.78 is 0. The van der Waals surface area contributed by atoms with Gasteiger partial charge in [-0.05, 0) is 24.1 Å². The number of halogens is 2. The van der Waals surface area contributed by atoms with Crippen LogP contribution in [0.1, 0.15) is 18.4 Å². The lowest BCUT2D eigenvalue weighted by Crippen LogP contribution is -2.50. The highest BCUT2D eigenvalue weighted by molar-refractivity contribution is 8.00. The van der Waals surface area contributed by atoms with Gasteiger partial charge in [-0.25, -0.2) is 0 Å². The number of rotatable bonds is 15. The quantitative estimate of drug-likeness (QED) is 0.127. The number of para-hydroxylation sites is 1. The van der Waals surface area contributed by atoms with Crippen molar-refractivity contribution >= 4 is 70.4 Å². The minimum atomic E-state index is -2.17. The number of thioether (sulfide) groups is 1. The van der Waals surface area contributed by atoms with Gasteiger partial charge in [0, 0.05) is 17.9 Å². The van der Waals surface area contributed by atoms with E-state index in [-0.39, 0.29) is 35.7 Å². The maximum Gasteiger partial charge on any atom is 0.322 e. The van der Waals surface area contributed by atoms with Gasteiger partial charge in [0.25, 0.3) is 0 Å². The number of nitrogens with one attached hydrogen (secondary N) is 3. The maximum absolute atomic E-state index is 12.6. The smallest absolute Gasteiger partial charge is 0.322 e. The number of benzene rings is 1. The van der Waals surface area contributed by atoms with E-state index in [0.717, 1.165) is 11.8 Å². The van der Waals surface area contributed by atoms with Gasteiger partial charge in [-0.1, -0.05) is 47.5 Å². The Kier molecular flexibility index (Phi) is 12.3. The minimum Gasteiger partial charge on any atom is -0.481 e. The van der Waals surface area contributed by atoms with E-state index in [1.165, 1.54) is 12.2 Å². The van der Waals surface area contributed by atoms with Gasteiger partial charge in [-0.3, -0.25) is 24.0 Å². The van der Waals surface area contributed by atoms with Crippen molar-refractivity contribution in [3.8, 4) is 0 Å². The lowest BCUT2D eigenvalue weighted by Gasteiger charge is -2.35. The molecule has 0 saturated carbocycles. The standard InChI is InChI=1S/C24H28Cl2N4O9S/c25-13-5-7-17(24(26,39)21(13)30-15-4-2-1-3-12(15)9-19(32)33)40-11-16(22(36)28-10-20(34)35)29-18(31)8-6-14(27)23(37)38/h1-5,7,14,16-17,30,39H,6,8-11,27H2,(H,28,36)(H,29,31)(H,32,33)(H,34,35)(H,37,38)/t14-,16-,17?,24?/m0/s1. The number of anilines is 1. The fourth-order valence-electron chi connectivity index (χ4n) is 3.45. The highest BCUT2D eigenvalue weighted by Gasteiger charge is 2.42. The van der Waals surface area contributed by atoms with Gasteiger partial charge in [0.05, 0.1) is 22.4 Å². The number of allylic oxidation sites excluding steroid dienone is 2. The summed E-state index contributed by atoms with van der Waals surface area (Å²) in [5.74, 6) is -5.42. The van der Waals surface area contributed by atoms with Crippen molar-refractivity contribution in [3.05, 3.63) is 52.7 Å². The van der Waals surface area contributed by atoms with Gasteiger partial charge in [0.15, 0.2) is 5.06 Å². The number of alkyl halides is 1. The van der Waals surface area contributed by atoms with Crippen molar-refractivity contribution < 1.29 is 44.4 Å². The molecule has 16 heteroatoms. The molecule has 1 aliphatic carbocycles. The van der Waals surface area contributed by atoms with E-state index in [1.807, 2.05) is 0 Å². The predicted molar refractivity (Wildman–Crippen MR) is 148 cm³/mol. The molecule has 9 N–H and O–H groups in total. The summed E-state index contributed by atoms with van der Waals surface area (Å²) in [4.78, 5) is 58.0. The average molecular weight is 619 g/mol. The number of nitrogens with two attached hydrogens (primary N) is 1. The Balaban J connectivity index is 2.18. The Morgan fingerprint density at radius 2 is 1.77 bits per heavy atom. The summed E-state index contributed by atoms with van der Waals surface area (Å²) >= 11 is 13.8. The van der Waals surface area contributed by atoms with Gasteiger partial charge < -0.3 is 42.1 Å². The van der Waals surface area contributed by atoms with Gasteiger partial charge >= 0.3 is 17.9 Å². The molecule has 4 atom stereocenters. The molecule has 0 fully saturated rings. The number of hydrogen-bond donors (Lipinski definition) is 8. The van der Waals surface area contributed by atoms with Crippen LogP contribution in [-0.4, -0.2) is 84.8 Å². The number of carboxylic acids is 3. The Bertz CT molecular complexity index is 1210. The molecule has 0 bridgehead atoms. The molecular formula is C24H28Cl2N4O9S. The highest BCUT2D eigenvalue weighted by atomic mass is 35.5. The van der Waals surface area contributed by atoms with Gasteiger partial charge in [-0.2, -0.15) is 0 Å². The highest BCUT2D eigenvalue weighted by Crippen LogP contribution is 2.41. The fourth-order valence-corrected chi connectivity index (χ4v) is 5.33. The third-order valence-electron chi connectivity index (χ3n) is 5.51. The van der Waals surface area contributed by atoms with Crippen LogP contribution in [0, 0.1) is 0 Å². The van der Waals surface area contributed by atoms with Crippen LogP contribution in [0.4, 0.5) is 5.69 Å². The van der Waals surface area contributed by atoms with E-state index >= 15 is 0 Å². The summed E-state index contributed by atoms with van der Waals surface area (Å²) in [5, 5.41) is 42.6. The van der Waals surface area contributed by atoms with Crippen molar-refractivity contribution in [1.29, 1.82) is 0 Å². The molecule has 0 aliphatic heterocycles. The van der Waals surface area contributed by atoms with Crippen LogP contribution in [0.25, 0.3) is 0 Å². The van der Waals surface area contributed by atoms with E-state index in [4.69, 9.17) is 39.1 Å². The largest absolute Gasteiger partial charge is 0.481 e. The molecule has 1 aliphatic rings. The second-order valence-electron chi connectivity index (χ2n) is 8.58. The second kappa shape index (κ2) is 14.9. The average Bonchev–Trinajstić information content (AvgIpc) is 2.87. The first-order chi connectivity index (χ1) is 18.7. The van der Waals surface area contributed by atoms with Crippen molar-refractivity contribution in [1.82, 2.24) is 10.6 Å². The molecule has 2 unspecified atom stereocenters. The molecule has 13 nitrogen and oxygen atoms in total. The van der Waals surface area contributed by atoms with E-state index in [0.29, 0.717) is 11.3 Å². The zero-order chi connectivity index (χ0) is 30.0. The summed E-state index contributed by atoms with van der Waals surface area (Å²) in [6.07, 6.45) is 2.09. The van der Waals surface area contributed by atoms with Gasteiger partial charge in [0.2, 0.25) is 11.8 Å². The number of hydrogen-bond acceptors (Lipinski definition) is 9. The van der Waals surface area contributed by atoms with E-state index in [1.54, 1.807) is 24.3 Å². The molecule has 0 spiro atoms. The summed E-state index contributed by atoms with van der Waals surface area (Å²) in [5.41, 5.74) is 6.10. The SMILES string of the molecule is N[C@@H](CCC(=O)N[C@@H](CSC1C=CC(Cl)=C(Nc2ccccc2CC(=O)O)C1(O)Cl)C(=O)NCC(=O)O)C(=O)O. The second-order valence-corrected chi connectivity index (χ2v) is 10.7. The topological polar surface area (TPSA) is 228 Å². The van der Waals surface area contributed by atoms with Crippen LogP contribution < -0.4 is 21.7 Å². The molecule has 40 heavy (non-hydrogen) atoms. The Morgan fingerprint density at radius 1 is 1.10 bits per heavy atom. The number of amides is 2. The first-order valence-electron chi connectivity index (χ1n) is 11.7. The molecule has 1 aromatic carbocycles. The lowest BCUT2D eigenvalue weighted by molar-refractivity contribution is -0.139. The number of aliphatic hydroxyl groups is 1. The summed E-state index contributed by atoms with van der Waals surface area (Å²) in [6, 6.07) is 3.87. The van der Waals surface area contributed by atoms with Gasteiger partial charge in [0.1, 0.15) is 18.6 Å². The fraction of sp³-hybridized carbons (Fsp3) is 0.375. The van der Waals surface area contributed by atoms with E-state index in [2.05, 4.69) is 16.0 Å². The Morgan fingerprint density at radius 3 is 2.40 bits per heavy atom. The predicted octanol–water partition coefficient (Wildman–Crippen LogP) is 0.653. The van der Waals surface area contributed by atoms with Crippen molar-refractivity contribution in [3.63, 3.8) is 0 Å². The molecule has 1 aromatic rings. The van der Waals surface area contributed by atoms with Crippen LogP contribution in [-0.2, 0) is 30.4 Å². The molecule has 2 amide bonds. The first-order valence-corrected chi connectivity index (χ1v) is 13.5. The summed E-state index contributed by atoms with van der Waals surface area (Å²) in [6.45, 7) is -0.718. The molecule has 0 saturated heterocycles.